The van der Waals surface area contributed by atoms with Crippen molar-refractivity contribution in [2.24, 2.45) is 5.73 Å². The molecule has 0 unspecified atom stereocenters. The van der Waals surface area contributed by atoms with E-state index in [0.717, 1.165) is 0 Å². The number of rotatable bonds is 3. The molecule has 1 rings (SSSR count). The van der Waals surface area contributed by atoms with Gasteiger partial charge < -0.3 is 11.1 Å². The summed E-state index contributed by atoms with van der Waals surface area (Å²) in [5, 5.41) is 2.43. The number of benzene rings is 1. The van der Waals surface area contributed by atoms with Gasteiger partial charge in [-0.2, -0.15) is 0 Å². The summed E-state index contributed by atoms with van der Waals surface area (Å²) in [7, 11) is 0. The summed E-state index contributed by atoms with van der Waals surface area (Å²) < 4.78 is 13.0. The Morgan fingerprint density at radius 1 is 1.67 bits per heavy atom. The van der Waals surface area contributed by atoms with Gasteiger partial charge in [0.1, 0.15) is 5.82 Å². The van der Waals surface area contributed by atoms with Gasteiger partial charge in [0.2, 0.25) is 0 Å². The zero-order valence-electron chi connectivity index (χ0n) is 8.26. The van der Waals surface area contributed by atoms with E-state index in [-0.39, 0.29) is 16.6 Å². The number of carbonyl (C=O) groups excluding carboxylic acids is 1. The second-order valence-electron chi connectivity index (χ2n) is 3.21. The van der Waals surface area contributed by atoms with Gasteiger partial charge in [-0.3, -0.25) is 4.79 Å². The summed E-state index contributed by atoms with van der Waals surface area (Å²) in [4.78, 5) is 11.6. The van der Waals surface area contributed by atoms with E-state index in [1.54, 1.807) is 6.92 Å². The highest BCUT2D eigenvalue weighted by Crippen LogP contribution is 2.19. The van der Waals surface area contributed by atoms with Gasteiger partial charge in [-0.15, -0.1) is 0 Å². The van der Waals surface area contributed by atoms with Crippen LogP contribution in [0.2, 0.25) is 5.02 Å². The highest BCUT2D eigenvalue weighted by atomic mass is 35.5. The van der Waals surface area contributed by atoms with Gasteiger partial charge in [0.15, 0.2) is 0 Å². The Bertz CT molecular complexity index is 370. The van der Waals surface area contributed by atoms with Crippen LogP contribution in [0.3, 0.4) is 0 Å². The molecule has 3 nitrogen and oxygen atoms in total. The maximum Gasteiger partial charge on any atom is 0.253 e. The second kappa shape index (κ2) is 5.09. The summed E-state index contributed by atoms with van der Waals surface area (Å²) >= 11 is 5.65. The summed E-state index contributed by atoms with van der Waals surface area (Å²) in [6.45, 7) is 2.07. The SMILES string of the molecule is C[C@@H](CN)NC(=O)c1cccc(F)c1Cl. The Labute approximate surface area is 92.4 Å². The first-order valence-corrected chi connectivity index (χ1v) is 4.89. The molecule has 3 N–H and O–H groups in total. The standard InChI is InChI=1S/C10H12ClFN2O/c1-6(5-13)14-10(15)7-3-2-4-8(12)9(7)11/h2-4,6H,5,13H2,1H3,(H,14,15)/t6-/m0/s1. The van der Waals surface area contributed by atoms with Crippen LogP contribution in [0.1, 0.15) is 17.3 Å². The van der Waals surface area contributed by atoms with Crippen LogP contribution in [-0.4, -0.2) is 18.5 Å². The normalized spacial score (nSPS) is 12.3. The lowest BCUT2D eigenvalue weighted by Gasteiger charge is -2.12. The minimum absolute atomic E-state index is 0.122. The fourth-order valence-electron chi connectivity index (χ4n) is 1.04. The number of nitrogens with one attached hydrogen (secondary N) is 1. The molecule has 1 atom stereocenters. The number of carbonyl (C=O) groups is 1. The largest absolute Gasteiger partial charge is 0.348 e. The van der Waals surface area contributed by atoms with Crippen molar-refractivity contribution in [3.63, 3.8) is 0 Å². The van der Waals surface area contributed by atoms with E-state index in [1.807, 2.05) is 0 Å². The zero-order chi connectivity index (χ0) is 11.4. The fourth-order valence-corrected chi connectivity index (χ4v) is 1.25. The lowest BCUT2D eigenvalue weighted by Crippen LogP contribution is -2.37. The van der Waals surface area contributed by atoms with Crippen LogP contribution in [-0.2, 0) is 0 Å². The quantitative estimate of drug-likeness (QED) is 0.828. The van der Waals surface area contributed by atoms with E-state index >= 15 is 0 Å². The topological polar surface area (TPSA) is 55.1 Å². The molecule has 0 bridgehead atoms. The minimum atomic E-state index is -0.607. The summed E-state index contributed by atoms with van der Waals surface area (Å²) in [6.07, 6.45) is 0. The van der Waals surface area contributed by atoms with E-state index < -0.39 is 11.7 Å². The van der Waals surface area contributed by atoms with Crippen molar-refractivity contribution in [1.29, 1.82) is 0 Å². The van der Waals surface area contributed by atoms with Gasteiger partial charge >= 0.3 is 0 Å². The monoisotopic (exact) mass is 230 g/mol. The molecule has 0 saturated carbocycles. The van der Waals surface area contributed by atoms with E-state index in [4.69, 9.17) is 17.3 Å². The van der Waals surface area contributed by atoms with Crippen LogP contribution < -0.4 is 11.1 Å². The molecular weight excluding hydrogens is 219 g/mol. The molecule has 0 heterocycles. The molecule has 82 valence electrons. The van der Waals surface area contributed by atoms with Crippen LogP contribution in [0.4, 0.5) is 4.39 Å². The van der Waals surface area contributed by atoms with Crippen molar-refractivity contribution < 1.29 is 9.18 Å². The Morgan fingerprint density at radius 3 is 2.93 bits per heavy atom. The molecular formula is C10H12ClFN2O. The van der Waals surface area contributed by atoms with Gasteiger partial charge in [0.25, 0.3) is 5.91 Å². The summed E-state index contributed by atoms with van der Waals surface area (Å²) in [5.74, 6) is -1.03. The Hall–Kier alpha value is -1.13. The van der Waals surface area contributed by atoms with E-state index in [2.05, 4.69) is 5.32 Å². The Morgan fingerprint density at radius 2 is 2.33 bits per heavy atom. The highest BCUT2D eigenvalue weighted by Gasteiger charge is 2.14. The summed E-state index contributed by atoms with van der Waals surface area (Å²) in [6, 6.07) is 3.93. The third-order valence-electron chi connectivity index (χ3n) is 1.93. The van der Waals surface area contributed by atoms with Gasteiger partial charge in [-0.25, -0.2) is 4.39 Å². The van der Waals surface area contributed by atoms with Crippen molar-refractivity contribution in [3.8, 4) is 0 Å². The molecule has 5 heteroatoms. The molecule has 0 spiro atoms. The van der Waals surface area contributed by atoms with Crippen LogP contribution >= 0.6 is 11.6 Å². The fraction of sp³-hybridized carbons (Fsp3) is 0.300. The molecule has 0 aliphatic carbocycles. The molecule has 0 radical (unpaired) electrons. The second-order valence-corrected chi connectivity index (χ2v) is 3.59. The van der Waals surface area contributed by atoms with Gasteiger partial charge in [-0.1, -0.05) is 17.7 Å². The lowest BCUT2D eigenvalue weighted by molar-refractivity contribution is 0.0941. The van der Waals surface area contributed by atoms with E-state index in [0.29, 0.717) is 6.54 Å². The molecule has 0 fully saturated rings. The summed E-state index contributed by atoms with van der Waals surface area (Å²) in [5.41, 5.74) is 5.47. The van der Waals surface area contributed by atoms with Crippen LogP contribution in [0.5, 0.6) is 0 Å². The number of halogens is 2. The minimum Gasteiger partial charge on any atom is -0.348 e. The maximum atomic E-state index is 13.0. The predicted octanol–water partition coefficient (Wildman–Crippen LogP) is 1.56. The average molecular weight is 231 g/mol. The molecule has 1 aromatic carbocycles. The smallest absolute Gasteiger partial charge is 0.253 e. The van der Waals surface area contributed by atoms with Crippen molar-refractivity contribution >= 4 is 17.5 Å². The molecule has 1 amide bonds. The first-order chi connectivity index (χ1) is 7.06. The third-order valence-corrected chi connectivity index (χ3v) is 2.31. The molecule has 0 saturated heterocycles. The Balaban J connectivity index is 2.87. The molecule has 0 aliphatic heterocycles. The number of amides is 1. The Kier molecular flexibility index (Phi) is 4.05. The average Bonchev–Trinajstić information content (AvgIpc) is 2.21. The zero-order valence-corrected chi connectivity index (χ0v) is 9.01. The van der Waals surface area contributed by atoms with E-state index in [1.165, 1.54) is 18.2 Å². The van der Waals surface area contributed by atoms with E-state index in [9.17, 15) is 9.18 Å². The van der Waals surface area contributed by atoms with Crippen LogP contribution in [0.25, 0.3) is 0 Å². The van der Waals surface area contributed by atoms with Gasteiger partial charge in [-0.05, 0) is 19.1 Å². The number of nitrogens with two attached hydrogens (primary N) is 1. The van der Waals surface area contributed by atoms with Crippen LogP contribution in [0.15, 0.2) is 18.2 Å². The number of hydrogen-bond acceptors (Lipinski definition) is 2. The van der Waals surface area contributed by atoms with Crippen molar-refractivity contribution in [3.05, 3.63) is 34.6 Å². The predicted molar refractivity (Wildman–Crippen MR) is 57.4 cm³/mol. The van der Waals surface area contributed by atoms with Crippen molar-refractivity contribution in [2.45, 2.75) is 13.0 Å². The van der Waals surface area contributed by atoms with Gasteiger partial charge in [0.05, 0.1) is 10.6 Å². The van der Waals surface area contributed by atoms with Crippen LogP contribution in [0, 0.1) is 5.82 Å². The lowest BCUT2D eigenvalue weighted by atomic mass is 10.2. The van der Waals surface area contributed by atoms with Crippen molar-refractivity contribution in [2.75, 3.05) is 6.54 Å². The maximum absolute atomic E-state index is 13.0. The molecule has 0 aliphatic rings. The molecule has 15 heavy (non-hydrogen) atoms. The number of hydrogen-bond donors (Lipinski definition) is 2. The first-order valence-electron chi connectivity index (χ1n) is 4.51. The first kappa shape index (κ1) is 11.9. The van der Waals surface area contributed by atoms with Gasteiger partial charge in [0, 0.05) is 12.6 Å². The third kappa shape index (κ3) is 2.91. The molecule has 0 aromatic heterocycles. The molecule has 1 aromatic rings. The highest BCUT2D eigenvalue weighted by molar-refractivity contribution is 6.34. The van der Waals surface area contributed by atoms with Crippen molar-refractivity contribution in [1.82, 2.24) is 5.32 Å².